The van der Waals surface area contributed by atoms with Crippen LogP contribution in [0.5, 0.6) is 0 Å². The minimum atomic E-state index is 0. The molecule has 0 saturated heterocycles. The van der Waals surface area contributed by atoms with Gasteiger partial charge in [0.15, 0.2) is 0 Å². The molecule has 0 fully saturated rings. The van der Waals surface area contributed by atoms with E-state index in [1.165, 1.54) is 38.5 Å². The number of unbranched alkanes of at least 4 members (excludes halogenated alkanes) is 5. The summed E-state index contributed by atoms with van der Waals surface area (Å²) in [5.74, 6) is 0. The van der Waals surface area contributed by atoms with Crippen LogP contribution in [-0.2, 0) is 4.74 Å². The van der Waals surface area contributed by atoms with Gasteiger partial charge in [0, 0.05) is 13.2 Å². The molecule has 0 unspecified atom stereocenters. The summed E-state index contributed by atoms with van der Waals surface area (Å²) < 4.78 is 5.49. The Morgan fingerprint density at radius 2 is 1.64 bits per heavy atom. The Hall–Kier alpha value is -0.340. The summed E-state index contributed by atoms with van der Waals surface area (Å²) in [4.78, 5) is 0. The first kappa shape index (κ1) is 16.1. The average Bonchev–Trinajstić information content (AvgIpc) is 2.16. The summed E-state index contributed by atoms with van der Waals surface area (Å²) in [6.45, 7) is 7.80. The minimum Gasteiger partial charge on any atom is -0.412 e. The van der Waals surface area contributed by atoms with Crippen molar-refractivity contribution in [2.45, 2.75) is 51.9 Å². The highest BCUT2D eigenvalue weighted by molar-refractivity contribution is 4.65. The number of ether oxygens (including phenoxy) is 1. The molecule has 0 spiro atoms. The zero-order valence-electron chi connectivity index (χ0n) is 9.56. The van der Waals surface area contributed by atoms with E-state index < -0.39 is 0 Å². The SMILES string of the molecule is C=CCCCCOCCCCCC.O. The van der Waals surface area contributed by atoms with Gasteiger partial charge in [-0.15, -0.1) is 6.58 Å². The van der Waals surface area contributed by atoms with Crippen molar-refractivity contribution in [3.05, 3.63) is 12.7 Å². The Morgan fingerprint density at radius 1 is 1.00 bits per heavy atom. The van der Waals surface area contributed by atoms with Crippen LogP contribution in [0.25, 0.3) is 0 Å². The van der Waals surface area contributed by atoms with Crippen molar-refractivity contribution in [2.75, 3.05) is 13.2 Å². The Labute approximate surface area is 88.7 Å². The molecular weight excluding hydrogens is 176 g/mol. The van der Waals surface area contributed by atoms with Crippen LogP contribution in [0.4, 0.5) is 0 Å². The van der Waals surface area contributed by atoms with E-state index in [-0.39, 0.29) is 5.48 Å². The van der Waals surface area contributed by atoms with Crippen LogP contribution < -0.4 is 0 Å². The van der Waals surface area contributed by atoms with E-state index in [1.807, 2.05) is 6.08 Å². The predicted molar refractivity (Wildman–Crippen MR) is 62.6 cm³/mol. The van der Waals surface area contributed by atoms with Crippen LogP contribution in [0.15, 0.2) is 12.7 Å². The molecule has 2 heteroatoms. The van der Waals surface area contributed by atoms with Crippen molar-refractivity contribution in [3.63, 3.8) is 0 Å². The first-order chi connectivity index (χ1) is 6.41. The first-order valence-electron chi connectivity index (χ1n) is 5.60. The summed E-state index contributed by atoms with van der Waals surface area (Å²) in [5.41, 5.74) is 0. The molecule has 14 heavy (non-hydrogen) atoms. The second kappa shape index (κ2) is 15.1. The van der Waals surface area contributed by atoms with Crippen LogP contribution in [0.1, 0.15) is 51.9 Å². The average molecular weight is 202 g/mol. The van der Waals surface area contributed by atoms with Crippen LogP contribution in [0.3, 0.4) is 0 Å². The molecule has 0 amide bonds. The van der Waals surface area contributed by atoms with Crippen molar-refractivity contribution >= 4 is 0 Å². The number of hydrogen-bond donors (Lipinski definition) is 0. The zero-order valence-corrected chi connectivity index (χ0v) is 9.56. The van der Waals surface area contributed by atoms with Crippen molar-refractivity contribution in [1.29, 1.82) is 0 Å². The van der Waals surface area contributed by atoms with Crippen LogP contribution >= 0.6 is 0 Å². The molecule has 0 aromatic rings. The van der Waals surface area contributed by atoms with Gasteiger partial charge in [0.1, 0.15) is 0 Å². The van der Waals surface area contributed by atoms with Gasteiger partial charge in [-0.1, -0.05) is 32.3 Å². The lowest BCUT2D eigenvalue weighted by Gasteiger charge is -2.02. The van der Waals surface area contributed by atoms with Crippen molar-refractivity contribution in [3.8, 4) is 0 Å². The molecule has 0 aromatic heterocycles. The van der Waals surface area contributed by atoms with E-state index in [0.717, 1.165) is 19.6 Å². The lowest BCUT2D eigenvalue weighted by atomic mass is 10.2. The summed E-state index contributed by atoms with van der Waals surface area (Å²) in [6.07, 6.45) is 10.7. The molecular formula is C12H26O2. The molecule has 0 aliphatic rings. The fourth-order valence-electron chi connectivity index (χ4n) is 1.23. The number of allylic oxidation sites excluding steroid dienone is 1. The second-order valence-corrected chi connectivity index (χ2v) is 3.46. The fraction of sp³-hybridized carbons (Fsp3) is 0.833. The third-order valence-corrected chi connectivity index (χ3v) is 2.09. The predicted octanol–water partition coefficient (Wildman–Crippen LogP) is 3.11. The van der Waals surface area contributed by atoms with Gasteiger partial charge in [-0.25, -0.2) is 0 Å². The van der Waals surface area contributed by atoms with Gasteiger partial charge in [-0.3, -0.25) is 0 Å². The van der Waals surface area contributed by atoms with Gasteiger partial charge in [-0.05, 0) is 25.7 Å². The highest BCUT2D eigenvalue weighted by Gasteiger charge is 1.89. The second-order valence-electron chi connectivity index (χ2n) is 3.46. The summed E-state index contributed by atoms with van der Waals surface area (Å²) in [5, 5.41) is 0. The Kier molecular flexibility index (Phi) is 17.4. The first-order valence-corrected chi connectivity index (χ1v) is 5.60. The Balaban J connectivity index is 0. The molecule has 0 aromatic carbocycles. The third kappa shape index (κ3) is 14.2. The highest BCUT2D eigenvalue weighted by Crippen LogP contribution is 2.00. The molecule has 2 nitrogen and oxygen atoms in total. The van der Waals surface area contributed by atoms with E-state index in [1.54, 1.807) is 0 Å². The van der Waals surface area contributed by atoms with Gasteiger partial charge < -0.3 is 10.2 Å². The Morgan fingerprint density at radius 3 is 2.21 bits per heavy atom. The molecule has 0 radical (unpaired) electrons. The topological polar surface area (TPSA) is 40.7 Å². The minimum absolute atomic E-state index is 0. The lowest BCUT2D eigenvalue weighted by molar-refractivity contribution is 0.126. The maximum atomic E-state index is 5.49. The normalized spacial score (nSPS) is 9.50. The molecule has 0 saturated carbocycles. The third-order valence-electron chi connectivity index (χ3n) is 2.09. The largest absolute Gasteiger partial charge is 0.412 e. The van der Waals surface area contributed by atoms with Crippen molar-refractivity contribution in [2.24, 2.45) is 0 Å². The van der Waals surface area contributed by atoms with E-state index >= 15 is 0 Å². The van der Waals surface area contributed by atoms with Gasteiger partial charge in [0.05, 0.1) is 0 Å². The van der Waals surface area contributed by atoms with Gasteiger partial charge in [0.2, 0.25) is 0 Å². The molecule has 0 bridgehead atoms. The lowest BCUT2D eigenvalue weighted by Crippen LogP contribution is -1.96. The van der Waals surface area contributed by atoms with E-state index in [4.69, 9.17) is 4.74 Å². The molecule has 0 aliphatic carbocycles. The summed E-state index contributed by atoms with van der Waals surface area (Å²) in [7, 11) is 0. The highest BCUT2D eigenvalue weighted by atomic mass is 16.5. The van der Waals surface area contributed by atoms with E-state index in [2.05, 4.69) is 13.5 Å². The van der Waals surface area contributed by atoms with Crippen molar-refractivity contribution in [1.82, 2.24) is 0 Å². The summed E-state index contributed by atoms with van der Waals surface area (Å²) >= 11 is 0. The van der Waals surface area contributed by atoms with E-state index in [0.29, 0.717) is 0 Å². The molecule has 2 N–H and O–H groups in total. The molecule has 86 valence electrons. The van der Waals surface area contributed by atoms with Gasteiger partial charge in [-0.2, -0.15) is 0 Å². The molecule has 0 rings (SSSR count). The van der Waals surface area contributed by atoms with Crippen LogP contribution in [-0.4, -0.2) is 18.7 Å². The van der Waals surface area contributed by atoms with Crippen LogP contribution in [0, 0.1) is 0 Å². The van der Waals surface area contributed by atoms with Crippen molar-refractivity contribution < 1.29 is 10.2 Å². The summed E-state index contributed by atoms with van der Waals surface area (Å²) in [6, 6.07) is 0. The van der Waals surface area contributed by atoms with Gasteiger partial charge >= 0.3 is 0 Å². The van der Waals surface area contributed by atoms with Gasteiger partial charge in [0.25, 0.3) is 0 Å². The quantitative estimate of drug-likeness (QED) is 0.396. The maximum absolute atomic E-state index is 5.49. The molecule has 0 atom stereocenters. The number of rotatable bonds is 10. The molecule has 0 heterocycles. The van der Waals surface area contributed by atoms with E-state index in [9.17, 15) is 0 Å². The van der Waals surface area contributed by atoms with Crippen LogP contribution in [0.2, 0.25) is 0 Å². The molecule has 0 aliphatic heterocycles. The Bertz CT molecular complexity index is 102. The fourth-order valence-corrected chi connectivity index (χ4v) is 1.23. The zero-order chi connectivity index (χ0) is 9.78. The maximum Gasteiger partial charge on any atom is 0.0466 e. The smallest absolute Gasteiger partial charge is 0.0466 e. The number of hydrogen-bond acceptors (Lipinski definition) is 1. The standard InChI is InChI=1S/C12H24O.H2O/c1-3-5-7-9-11-13-12-10-8-6-4-2;/h3H,1,4-12H2,2H3;1H2. The monoisotopic (exact) mass is 202 g/mol.